The molecule has 0 atom stereocenters. The third-order valence-corrected chi connectivity index (χ3v) is 5.80. The van der Waals surface area contributed by atoms with Gasteiger partial charge in [-0.3, -0.25) is 0 Å². The highest BCUT2D eigenvalue weighted by Crippen LogP contribution is 2.29. The summed E-state index contributed by atoms with van der Waals surface area (Å²) in [6.45, 7) is 7.71. The number of aryl methyl sites for hydroxylation is 2. The van der Waals surface area contributed by atoms with Crippen LogP contribution in [0.5, 0.6) is 0 Å². The first-order chi connectivity index (χ1) is 14.2. The zero-order valence-corrected chi connectivity index (χ0v) is 16.8. The van der Waals surface area contributed by atoms with Crippen LogP contribution < -0.4 is 9.80 Å². The van der Waals surface area contributed by atoms with Gasteiger partial charge in [0.15, 0.2) is 11.6 Å². The van der Waals surface area contributed by atoms with Crippen LogP contribution in [0.25, 0.3) is 21.5 Å². The van der Waals surface area contributed by atoms with E-state index in [1.165, 1.54) is 21.5 Å². The van der Waals surface area contributed by atoms with Gasteiger partial charge in [0.25, 0.3) is 0 Å². The molecule has 0 aliphatic carbocycles. The van der Waals surface area contributed by atoms with Crippen LogP contribution in [0.1, 0.15) is 17.8 Å². The zero-order valence-electron chi connectivity index (χ0n) is 16.8. The third-order valence-electron chi connectivity index (χ3n) is 5.80. The molecular weight excluding hydrogens is 360 g/mol. The molecule has 4 aromatic rings. The van der Waals surface area contributed by atoms with Gasteiger partial charge in [0.2, 0.25) is 0 Å². The lowest BCUT2D eigenvalue weighted by Crippen LogP contribution is -2.32. The number of hydrogen-bond donors (Lipinski definition) is 0. The molecule has 0 amide bonds. The van der Waals surface area contributed by atoms with Crippen LogP contribution in [0.4, 0.5) is 11.6 Å². The third kappa shape index (κ3) is 3.14. The van der Waals surface area contributed by atoms with E-state index in [0.717, 1.165) is 55.6 Å². The van der Waals surface area contributed by atoms with Crippen LogP contribution in [0.3, 0.4) is 0 Å². The Balaban J connectivity index is 1.47. The molecule has 0 saturated carbocycles. The Labute approximate surface area is 170 Å². The fourth-order valence-corrected chi connectivity index (χ4v) is 4.26. The second-order valence-electron chi connectivity index (χ2n) is 7.64. The number of anilines is 2. The van der Waals surface area contributed by atoms with Crippen molar-refractivity contribution in [3.05, 3.63) is 59.9 Å². The van der Waals surface area contributed by atoms with E-state index in [9.17, 15) is 0 Å². The quantitative estimate of drug-likeness (QED) is 0.522. The Morgan fingerprint density at radius 2 is 0.966 bits per heavy atom. The van der Waals surface area contributed by atoms with Crippen molar-refractivity contribution in [3.63, 3.8) is 0 Å². The summed E-state index contributed by atoms with van der Waals surface area (Å²) in [7, 11) is 0. The van der Waals surface area contributed by atoms with E-state index in [2.05, 4.69) is 78.7 Å². The van der Waals surface area contributed by atoms with Crippen molar-refractivity contribution in [2.24, 2.45) is 0 Å². The van der Waals surface area contributed by atoms with Crippen LogP contribution in [-0.2, 0) is 0 Å². The van der Waals surface area contributed by atoms with Crippen LogP contribution >= 0.6 is 0 Å². The zero-order chi connectivity index (χ0) is 19.8. The molecule has 146 valence electrons. The lowest BCUT2D eigenvalue weighted by Gasteiger charge is -2.24. The van der Waals surface area contributed by atoms with Crippen LogP contribution in [0.2, 0.25) is 0 Å². The lowest BCUT2D eigenvalue weighted by molar-refractivity contribution is 0.785. The van der Waals surface area contributed by atoms with Gasteiger partial charge >= 0.3 is 0 Å². The van der Waals surface area contributed by atoms with Gasteiger partial charge in [-0.15, -0.1) is 10.2 Å². The first kappa shape index (κ1) is 17.8. The normalized spacial score (nSPS) is 15.1. The SMILES string of the molecule is Cc1nnc(N2CCCN(c3nnc(C)c4ccccc34)CC2)c2ccccc12. The predicted octanol–water partition coefficient (Wildman–Crippen LogP) is 3.91. The summed E-state index contributed by atoms with van der Waals surface area (Å²) in [6, 6.07) is 16.8. The van der Waals surface area contributed by atoms with Gasteiger partial charge < -0.3 is 9.80 Å². The molecular formula is C23H24N6. The first-order valence-electron chi connectivity index (χ1n) is 10.2. The summed E-state index contributed by atoms with van der Waals surface area (Å²) in [5, 5.41) is 22.6. The van der Waals surface area contributed by atoms with E-state index in [4.69, 9.17) is 0 Å². The molecule has 0 bridgehead atoms. The fraction of sp³-hybridized carbons (Fsp3) is 0.304. The second-order valence-corrected chi connectivity index (χ2v) is 7.64. The van der Waals surface area contributed by atoms with E-state index in [1.54, 1.807) is 0 Å². The van der Waals surface area contributed by atoms with E-state index < -0.39 is 0 Å². The topological polar surface area (TPSA) is 58.0 Å². The molecule has 1 aliphatic heterocycles. The van der Waals surface area contributed by atoms with Crippen LogP contribution in [0, 0.1) is 13.8 Å². The molecule has 6 nitrogen and oxygen atoms in total. The molecule has 6 heteroatoms. The molecule has 0 radical (unpaired) electrons. The van der Waals surface area contributed by atoms with Crippen LogP contribution in [-0.4, -0.2) is 46.6 Å². The molecule has 2 aromatic heterocycles. The van der Waals surface area contributed by atoms with Crippen molar-refractivity contribution in [2.45, 2.75) is 20.3 Å². The number of fused-ring (bicyclic) bond motifs is 2. The highest BCUT2D eigenvalue weighted by molar-refractivity contribution is 5.94. The molecule has 0 N–H and O–H groups in total. The van der Waals surface area contributed by atoms with Crippen molar-refractivity contribution < 1.29 is 0 Å². The van der Waals surface area contributed by atoms with Gasteiger partial charge in [0, 0.05) is 47.7 Å². The van der Waals surface area contributed by atoms with Crippen molar-refractivity contribution in [3.8, 4) is 0 Å². The van der Waals surface area contributed by atoms with Crippen LogP contribution in [0.15, 0.2) is 48.5 Å². The number of rotatable bonds is 2. The summed E-state index contributed by atoms with van der Waals surface area (Å²) < 4.78 is 0. The smallest absolute Gasteiger partial charge is 0.159 e. The Kier molecular flexibility index (Phi) is 4.46. The van der Waals surface area contributed by atoms with Crippen molar-refractivity contribution >= 4 is 33.2 Å². The monoisotopic (exact) mass is 384 g/mol. The summed E-state index contributed by atoms with van der Waals surface area (Å²) in [6.07, 6.45) is 1.04. The van der Waals surface area contributed by atoms with E-state index in [1.807, 2.05) is 13.8 Å². The first-order valence-corrected chi connectivity index (χ1v) is 10.2. The number of nitrogens with zero attached hydrogens (tertiary/aromatic N) is 6. The average Bonchev–Trinajstić information content (AvgIpc) is 3.01. The molecule has 29 heavy (non-hydrogen) atoms. The molecule has 1 aliphatic rings. The molecule has 3 heterocycles. The highest BCUT2D eigenvalue weighted by Gasteiger charge is 2.21. The number of aromatic nitrogens is 4. The Hall–Kier alpha value is -3.28. The number of hydrogen-bond acceptors (Lipinski definition) is 6. The van der Waals surface area contributed by atoms with Gasteiger partial charge in [0.05, 0.1) is 11.4 Å². The molecule has 1 fully saturated rings. The van der Waals surface area contributed by atoms with Crippen molar-refractivity contribution in [2.75, 3.05) is 36.0 Å². The lowest BCUT2D eigenvalue weighted by atomic mass is 10.1. The van der Waals surface area contributed by atoms with E-state index in [0.29, 0.717) is 0 Å². The van der Waals surface area contributed by atoms with Gasteiger partial charge in [-0.05, 0) is 20.3 Å². The fourth-order valence-electron chi connectivity index (χ4n) is 4.26. The van der Waals surface area contributed by atoms with E-state index >= 15 is 0 Å². The highest BCUT2D eigenvalue weighted by atomic mass is 15.3. The Morgan fingerprint density at radius 1 is 0.552 bits per heavy atom. The minimum absolute atomic E-state index is 0.881. The summed E-state index contributed by atoms with van der Waals surface area (Å²) in [5.41, 5.74) is 1.95. The Morgan fingerprint density at radius 3 is 1.41 bits per heavy atom. The minimum atomic E-state index is 0.881. The molecule has 2 aromatic carbocycles. The molecule has 1 saturated heterocycles. The number of benzene rings is 2. The van der Waals surface area contributed by atoms with E-state index in [-0.39, 0.29) is 0 Å². The largest absolute Gasteiger partial charge is 0.353 e. The molecule has 0 spiro atoms. The van der Waals surface area contributed by atoms with Gasteiger partial charge in [-0.25, -0.2) is 0 Å². The molecule has 0 unspecified atom stereocenters. The van der Waals surface area contributed by atoms with Crippen molar-refractivity contribution in [1.29, 1.82) is 0 Å². The summed E-state index contributed by atoms with van der Waals surface area (Å²) in [5.74, 6) is 1.96. The molecule has 5 rings (SSSR count). The summed E-state index contributed by atoms with van der Waals surface area (Å²) in [4.78, 5) is 4.72. The standard InChI is InChI=1S/C23H24N6/c1-16-18-8-3-5-10-20(18)22(26-24-16)28-12-7-13-29(15-14-28)23-21-11-6-4-9-19(21)17(2)25-27-23/h3-6,8-11H,7,12-15H2,1-2H3. The summed E-state index contributed by atoms with van der Waals surface area (Å²) >= 11 is 0. The maximum atomic E-state index is 4.56. The second kappa shape index (κ2) is 7.28. The van der Waals surface area contributed by atoms with Gasteiger partial charge in [0.1, 0.15) is 0 Å². The van der Waals surface area contributed by atoms with Gasteiger partial charge in [-0.2, -0.15) is 10.2 Å². The van der Waals surface area contributed by atoms with Crippen molar-refractivity contribution in [1.82, 2.24) is 20.4 Å². The maximum Gasteiger partial charge on any atom is 0.159 e. The average molecular weight is 384 g/mol. The Bertz CT molecular complexity index is 1100. The minimum Gasteiger partial charge on any atom is -0.353 e. The van der Waals surface area contributed by atoms with Gasteiger partial charge in [-0.1, -0.05) is 48.5 Å². The maximum absolute atomic E-state index is 4.56. The predicted molar refractivity (Wildman–Crippen MR) is 118 cm³/mol.